The lowest BCUT2D eigenvalue weighted by atomic mass is 9.89. The molecule has 3 aliphatic rings. The molecule has 1 atom stereocenters. The summed E-state index contributed by atoms with van der Waals surface area (Å²) in [4.78, 5) is 29.6. The number of aromatic nitrogens is 4. The summed E-state index contributed by atoms with van der Waals surface area (Å²) in [5.74, 6) is 1.90. The van der Waals surface area contributed by atoms with Gasteiger partial charge in [-0.15, -0.1) is 5.10 Å². The minimum absolute atomic E-state index is 0.0173. The van der Waals surface area contributed by atoms with Crippen molar-refractivity contribution in [1.29, 1.82) is 0 Å². The molecule has 7 rings (SSSR count). The molecule has 10 nitrogen and oxygen atoms in total. The number of hydrogen-bond donors (Lipinski definition) is 2. The largest absolute Gasteiger partial charge is 0.372 e. The number of piperidine rings is 3. The van der Waals surface area contributed by atoms with Crippen molar-refractivity contribution in [3.05, 3.63) is 72.1 Å². The van der Waals surface area contributed by atoms with Crippen molar-refractivity contribution < 1.29 is 4.79 Å². The number of rotatable bonds is 7. The van der Waals surface area contributed by atoms with E-state index in [2.05, 4.69) is 73.8 Å². The average Bonchev–Trinajstić information content (AvgIpc) is 3.56. The number of carbonyl (C=O) groups is 1. The van der Waals surface area contributed by atoms with E-state index < -0.39 is 0 Å². The Hall–Kier alpha value is -4.18. The molecule has 0 spiro atoms. The first-order chi connectivity index (χ1) is 21.6. The summed E-state index contributed by atoms with van der Waals surface area (Å²) in [5, 5.41) is 11.5. The number of imidazole rings is 1. The summed E-state index contributed by atoms with van der Waals surface area (Å²) >= 11 is 0. The Morgan fingerprint density at radius 3 is 2.36 bits per heavy atom. The van der Waals surface area contributed by atoms with Crippen LogP contribution < -0.4 is 20.4 Å². The van der Waals surface area contributed by atoms with Crippen LogP contribution in [0.4, 0.5) is 23.1 Å². The van der Waals surface area contributed by atoms with Gasteiger partial charge >= 0.3 is 0 Å². The van der Waals surface area contributed by atoms with E-state index >= 15 is 0 Å². The Bertz CT molecular complexity index is 1550. The first kappa shape index (κ1) is 28.6. The van der Waals surface area contributed by atoms with Crippen LogP contribution in [0.5, 0.6) is 0 Å². The maximum atomic E-state index is 13.2. The molecule has 2 N–H and O–H groups in total. The van der Waals surface area contributed by atoms with Crippen LogP contribution in [-0.4, -0.2) is 82.7 Å². The van der Waals surface area contributed by atoms with Crippen molar-refractivity contribution >= 4 is 34.7 Å². The van der Waals surface area contributed by atoms with E-state index in [1.165, 1.54) is 43.4 Å². The maximum Gasteiger partial charge on any atom is 0.251 e. The second-order valence-electron chi connectivity index (χ2n) is 12.6. The molecule has 0 radical (unpaired) electrons. The molecule has 10 heteroatoms. The number of likely N-dealkylation sites (tertiary alicyclic amines) is 1. The van der Waals surface area contributed by atoms with Gasteiger partial charge in [-0.05, 0) is 113 Å². The van der Waals surface area contributed by atoms with E-state index in [0.717, 1.165) is 51.3 Å². The molecule has 44 heavy (non-hydrogen) atoms. The maximum absolute atomic E-state index is 13.2. The Morgan fingerprint density at radius 2 is 1.59 bits per heavy atom. The molecule has 0 aliphatic carbocycles. The summed E-state index contributed by atoms with van der Waals surface area (Å²) < 4.78 is 1.78. The number of nitrogens with zero attached hydrogens (tertiary/aromatic N) is 7. The summed E-state index contributed by atoms with van der Waals surface area (Å²) in [6, 6.07) is 16.8. The third-order valence-electron chi connectivity index (χ3n) is 9.50. The molecule has 0 unspecified atom stereocenters. The average molecular weight is 594 g/mol. The lowest BCUT2D eigenvalue weighted by Gasteiger charge is -2.33. The Kier molecular flexibility index (Phi) is 8.33. The summed E-state index contributed by atoms with van der Waals surface area (Å²) in [7, 11) is 2.20. The number of nitrogens with one attached hydrogen (secondary N) is 2. The van der Waals surface area contributed by atoms with Crippen LogP contribution in [0.15, 0.2) is 60.9 Å². The van der Waals surface area contributed by atoms with Crippen molar-refractivity contribution in [1.82, 2.24) is 29.8 Å². The highest BCUT2D eigenvalue weighted by molar-refractivity contribution is 5.94. The van der Waals surface area contributed by atoms with Crippen LogP contribution in [0, 0.1) is 0 Å². The highest BCUT2D eigenvalue weighted by atomic mass is 16.1. The highest BCUT2D eigenvalue weighted by Crippen LogP contribution is 2.30. The molecule has 2 aromatic carbocycles. The molecule has 0 bridgehead atoms. The van der Waals surface area contributed by atoms with Gasteiger partial charge in [0.15, 0.2) is 11.5 Å². The molecule has 3 fully saturated rings. The normalized spacial score (nSPS) is 20.2. The molecule has 5 heterocycles. The smallest absolute Gasteiger partial charge is 0.251 e. The lowest BCUT2D eigenvalue weighted by Crippen LogP contribution is -2.48. The van der Waals surface area contributed by atoms with Gasteiger partial charge in [0.2, 0.25) is 5.95 Å². The molecule has 3 aliphatic heterocycles. The van der Waals surface area contributed by atoms with Crippen LogP contribution >= 0.6 is 0 Å². The summed E-state index contributed by atoms with van der Waals surface area (Å²) in [6.07, 6.45) is 11.7. The Balaban J connectivity index is 1.02. The minimum atomic E-state index is -0.0286. The predicted octanol–water partition coefficient (Wildman–Crippen LogP) is 5.07. The van der Waals surface area contributed by atoms with Crippen LogP contribution in [0.3, 0.4) is 0 Å². The van der Waals surface area contributed by atoms with E-state index in [1.54, 1.807) is 10.7 Å². The van der Waals surface area contributed by atoms with Crippen molar-refractivity contribution in [2.45, 2.75) is 56.9 Å². The van der Waals surface area contributed by atoms with E-state index in [4.69, 9.17) is 10.1 Å². The number of carbonyl (C=O) groups excluding carboxylic acids is 1. The van der Waals surface area contributed by atoms with Crippen molar-refractivity contribution in [3.63, 3.8) is 0 Å². The topological polar surface area (TPSA) is 93.9 Å². The zero-order valence-electron chi connectivity index (χ0n) is 25.7. The molecular weight excluding hydrogens is 550 g/mol. The van der Waals surface area contributed by atoms with Crippen LogP contribution in [-0.2, 0) is 0 Å². The van der Waals surface area contributed by atoms with Crippen LogP contribution in [0.2, 0.25) is 0 Å². The van der Waals surface area contributed by atoms with E-state index in [0.29, 0.717) is 35.4 Å². The van der Waals surface area contributed by atoms with Crippen molar-refractivity contribution in [2.75, 3.05) is 61.4 Å². The standard InChI is InChI=1S/C34H43N9O/c1-40-21-15-26(16-22-40)25-7-11-28(12-8-25)36-31-32-35-17-23-43(32)39-34(38-31)42-20-5-6-29(24-42)37-33(44)27-9-13-30(14-10-27)41-18-3-2-4-19-41/h7-14,17,23,26,29H,2-6,15-16,18-22,24H2,1H3,(H,37,44)(H,36,38,39)/t29-/m1/s1. The molecular formula is C34H43N9O. The summed E-state index contributed by atoms with van der Waals surface area (Å²) in [6.45, 7) is 5.99. The fourth-order valence-corrected chi connectivity index (χ4v) is 6.87. The highest BCUT2D eigenvalue weighted by Gasteiger charge is 2.25. The fraction of sp³-hybridized carbons (Fsp3) is 0.471. The van der Waals surface area contributed by atoms with Gasteiger partial charge in [0, 0.05) is 61.6 Å². The molecule has 0 saturated carbocycles. The van der Waals surface area contributed by atoms with Gasteiger partial charge in [-0.2, -0.15) is 4.98 Å². The molecule has 3 saturated heterocycles. The molecule has 1 amide bonds. The number of benzene rings is 2. The first-order valence-corrected chi connectivity index (χ1v) is 16.3. The van der Waals surface area contributed by atoms with Crippen molar-refractivity contribution in [3.8, 4) is 0 Å². The van der Waals surface area contributed by atoms with Gasteiger partial charge in [0.1, 0.15) is 0 Å². The van der Waals surface area contributed by atoms with Gasteiger partial charge in [-0.1, -0.05) is 12.1 Å². The third-order valence-corrected chi connectivity index (χ3v) is 9.50. The SMILES string of the molecule is CN1CCC(c2ccc(Nc3nc(N4CCC[C@@H](NC(=O)c5ccc(N6CCCCC6)cc5)C4)nn4ccnc34)cc2)CC1. The zero-order valence-corrected chi connectivity index (χ0v) is 25.7. The Labute approximate surface area is 259 Å². The van der Waals surface area contributed by atoms with Gasteiger partial charge < -0.3 is 25.3 Å². The van der Waals surface area contributed by atoms with Crippen LogP contribution in [0.1, 0.15) is 66.8 Å². The monoisotopic (exact) mass is 593 g/mol. The molecule has 2 aromatic heterocycles. The van der Waals surface area contributed by atoms with Gasteiger partial charge in [-0.25, -0.2) is 9.50 Å². The lowest BCUT2D eigenvalue weighted by molar-refractivity contribution is 0.0933. The van der Waals surface area contributed by atoms with E-state index in [-0.39, 0.29) is 11.9 Å². The minimum Gasteiger partial charge on any atom is -0.372 e. The van der Waals surface area contributed by atoms with Gasteiger partial charge in [-0.3, -0.25) is 4.79 Å². The number of amides is 1. The molecule has 4 aromatic rings. The second kappa shape index (κ2) is 12.8. The van der Waals surface area contributed by atoms with Gasteiger partial charge in [0.05, 0.1) is 0 Å². The Morgan fingerprint density at radius 1 is 0.841 bits per heavy atom. The second-order valence-corrected chi connectivity index (χ2v) is 12.6. The number of fused-ring (bicyclic) bond motifs is 1. The molecule has 230 valence electrons. The number of hydrogen-bond acceptors (Lipinski definition) is 8. The van der Waals surface area contributed by atoms with Crippen molar-refractivity contribution in [2.24, 2.45) is 0 Å². The fourth-order valence-electron chi connectivity index (χ4n) is 6.87. The van der Waals surface area contributed by atoms with Crippen LogP contribution in [0.25, 0.3) is 5.65 Å². The van der Waals surface area contributed by atoms with E-state index in [9.17, 15) is 4.79 Å². The number of anilines is 4. The summed E-state index contributed by atoms with van der Waals surface area (Å²) in [5.41, 5.74) is 4.97. The first-order valence-electron chi connectivity index (χ1n) is 16.3. The quantitative estimate of drug-likeness (QED) is 0.307. The zero-order chi connectivity index (χ0) is 29.9. The van der Waals surface area contributed by atoms with Gasteiger partial charge in [0.25, 0.3) is 5.91 Å². The van der Waals surface area contributed by atoms with E-state index in [1.807, 2.05) is 18.3 Å². The predicted molar refractivity (Wildman–Crippen MR) is 175 cm³/mol. The third kappa shape index (κ3) is 6.36.